The van der Waals surface area contributed by atoms with Gasteiger partial charge in [-0.15, -0.1) is 0 Å². The number of nitrogens with one attached hydrogen (secondary N) is 2. The predicted molar refractivity (Wildman–Crippen MR) is 87.4 cm³/mol. The zero-order valence-corrected chi connectivity index (χ0v) is 13.0. The molecule has 0 fully saturated rings. The highest BCUT2D eigenvalue weighted by Crippen LogP contribution is 2.25. The van der Waals surface area contributed by atoms with Gasteiger partial charge in [0.25, 0.3) is 5.91 Å². The van der Waals surface area contributed by atoms with E-state index in [1.807, 2.05) is 0 Å². The lowest BCUT2D eigenvalue weighted by Gasteiger charge is -2.08. The maximum Gasteiger partial charge on any atom is 0.257 e. The first kappa shape index (κ1) is 15.6. The first-order valence-electron chi connectivity index (χ1n) is 6.55. The molecule has 0 atom stereocenters. The largest absolute Gasteiger partial charge is 0.384 e. The second kappa shape index (κ2) is 7.29. The summed E-state index contributed by atoms with van der Waals surface area (Å²) in [5.41, 5.74) is 1.88. The molecule has 1 heterocycles. The zero-order valence-electron chi connectivity index (χ0n) is 11.5. The molecule has 110 valence electrons. The fraction of sp³-hybridized carbons (Fsp3) is 0.200. The summed E-state index contributed by atoms with van der Waals surface area (Å²) in [5.74, 6) is -0.249. The Balaban J connectivity index is 2.10. The summed E-state index contributed by atoms with van der Waals surface area (Å²) >= 11 is 11.8. The number of amides is 1. The average molecular weight is 324 g/mol. The molecule has 1 aromatic carbocycles. The third-order valence-electron chi connectivity index (χ3n) is 2.76. The number of hydrogen-bond acceptors (Lipinski definition) is 3. The van der Waals surface area contributed by atoms with Crippen molar-refractivity contribution in [2.75, 3.05) is 17.2 Å². The molecule has 4 nitrogen and oxygen atoms in total. The second-order valence-corrected chi connectivity index (χ2v) is 5.29. The van der Waals surface area contributed by atoms with Gasteiger partial charge in [-0.3, -0.25) is 9.78 Å². The van der Waals surface area contributed by atoms with E-state index in [1.54, 1.807) is 30.5 Å². The normalized spacial score (nSPS) is 10.2. The fourth-order valence-corrected chi connectivity index (χ4v) is 2.01. The van der Waals surface area contributed by atoms with E-state index in [1.165, 1.54) is 6.20 Å². The summed E-state index contributed by atoms with van der Waals surface area (Å²) in [5, 5.41) is 6.79. The van der Waals surface area contributed by atoms with Gasteiger partial charge in [-0.2, -0.15) is 0 Å². The molecule has 0 aliphatic carbocycles. The first-order valence-corrected chi connectivity index (χ1v) is 7.31. The molecule has 0 spiro atoms. The number of pyridine rings is 1. The monoisotopic (exact) mass is 323 g/mol. The van der Waals surface area contributed by atoms with Crippen LogP contribution in [0, 0.1) is 0 Å². The summed E-state index contributed by atoms with van der Waals surface area (Å²) in [6.07, 6.45) is 4.20. The molecule has 0 bridgehead atoms. The minimum atomic E-state index is -0.249. The van der Waals surface area contributed by atoms with Crippen molar-refractivity contribution in [3.05, 3.63) is 52.3 Å². The van der Waals surface area contributed by atoms with E-state index < -0.39 is 0 Å². The lowest BCUT2D eigenvalue weighted by Crippen LogP contribution is -2.13. The van der Waals surface area contributed by atoms with Crippen molar-refractivity contribution >= 4 is 40.5 Å². The quantitative estimate of drug-likeness (QED) is 0.853. The highest BCUT2D eigenvalue weighted by Gasteiger charge is 2.08. The predicted octanol–water partition coefficient (Wildman–Crippen LogP) is 4.46. The van der Waals surface area contributed by atoms with E-state index in [2.05, 4.69) is 22.5 Å². The van der Waals surface area contributed by atoms with Gasteiger partial charge in [-0.1, -0.05) is 30.1 Å². The van der Waals surface area contributed by atoms with Crippen LogP contribution in [0.1, 0.15) is 23.7 Å². The number of carbonyl (C=O) groups is 1. The molecular formula is C15H15Cl2N3O. The minimum Gasteiger partial charge on any atom is -0.384 e. The molecule has 2 N–H and O–H groups in total. The summed E-state index contributed by atoms with van der Waals surface area (Å²) < 4.78 is 0. The van der Waals surface area contributed by atoms with Gasteiger partial charge in [0.15, 0.2) is 0 Å². The summed E-state index contributed by atoms with van der Waals surface area (Å²) in [4.78, 5) is 16.2. The smallest absolute Gasteiger partial charge is 0.257 e. The van der Waals surface area contributed by atoms with Crippen LogP contribution in [0.15, 0.2) is 36.7 Å². The Labute approximate surface area is 133 Å². The molecule has 1 aromatic heterocycles. The van der Waals surface area contributed by atoms with Gasteiger partial charge in [0.1, 0.15) is 0 Å². The summed E-state index contributed by atoms with van der Waals surface area (Å²) in [7, 11) is 0. The number of carbonyl (C=O) groups excluding carboxylic acids is 1. The van der Waals surface area contributed by atoms with Gasteiger partial charge < -0.3 is 10.6 Å². The molecule has 0 unspecified atom stereocenters. The van der Waals surface area contributed by atoms with Gasteiger partial charge in [0.05, 0.1) is 21.3 Å². The van der Waals surface area contributed by atoms with Crippen LogP contribution in [-0.4, -0.2) is 17.4 Å². The Hall–Kier alpha value is -1.78. The fourth-order valence-electron chi connectivity index (χ4n) is 1.71. The average Bonchev–Trinajstić information content (AvgIpc) is 2.49. The van der Waals surface area contributed by atoms with Gasteiger partial charge in [0, 0.05) is 24.6 Å². The lowest BCUT2D eigenvalue weighted by molar-refractivity contribution is 0.102. The first-order chi connectivity index (χ1) is 10.1. The van der Waals surface area contributed by atoms with Crippen LogP contribution in [0.4, 0.5) is 11.4 Å². The van der Waals surface area contributed by atoms with Crippen LogP contribution in [0.25, 0.3) is 0 Å². The molecule has 21 heavy (non-hydrogen) atoms. The molecular weight excluding hydrogens is 309 g/mol. The van der Waals surface area contributed by atoms with Crippen molar-refractivity contribution in [1.82, 2.24) is 4.98 Å². The second-order valence-electron chi connectivity index (χ2n) is 4.47. The SMILES string of the molecule is CCCNc1cncc(C(=O)Nc2ccc(Cl)c(Cl)c2)c1. The number of nitrogens with zero attached hydrogens (tertiary/aromatic N) is 1. The van der Waals surface area contributed by atoms with Crippen LogP contribution in [0.5, 0.6) is 0 Å². The molecule has 2 rings (SSSR count). The molecule has 6 heteroatoms. The Morgan fingerprint density at radius 2 is 1.95 bits per heavy atom. The molecule has 0 aliphatic heterocycles. The van der Waals surface area contributed by atoms with E-state index in [-0.39, 0.29) is 5.91 Å². The molecule has 2 aromatic rings. The van der Waals surface area contributed by atoms with Crippen molar-refractivity contribution in [2.24, 2.45) is 0 Å². The van der Waals surface area contributed by atoms with Crippen molar-refractivity contribution in [3.8, 4) is 0 Å². The Kier molecular flexibility index (Phi) is 5.42. The molecule has 0 saturated carbocycles. The number of rotatable bonds is 5. The highest BCUT2D eigenvalue weighted by atomic mass is 35.5. The van der Waals surface area contributed by atoms with Crippen molar-refractivity contribution in [3.63, 3.8) is 0 Å². The molecule has 0 radical (unpaired) electrons. The standard InChI is InChI=1S/C15H15Cl2N3O/c1-2-5-19-12-6-10(8-18-9-12)15(21)20-11-3-4-13(16)14(17)7-11/h3-4,6-9,19H,2,5H2,1H3,(H,20,21). The van der Waals surface area contributed by atoms with Crippen LogP contribution >= 0.6 is 23.2 Å². The summed E-state index contributed by atoms with van der Waals surface area (Å²) in [6.45, 7) is 2.90. The van der Waals surface area contributed by atoms with Crippen LogP contribution < -0.4 is 10.6 Å². The van der Waals surface area contributed by atoms with Crippen molar-refractivity contribution in [1.29, 1.82) is 0 Å². The van der Waals surface area contributed by atoms with E-state index >= 15 is 0 Å². The van der Waals surface area contributed by atoms with Gasteiger partial charge in [0.2, 0.25) is 0 Å². The maximum atomic E-state index is 12.2. The Bertz CT molecular complexity index is 647. The lowest BCUT2D eigenvalue weighted by atomic mass is 10.2. The number of benzene rings is 1. The number of anilines is 2. The highest BCUT2D eigenvalue weighted by molar-refractivity contribution is 6.42. The molecule has 0 aliphatic rings. The third-order valence-corrected chi connectivity index (χ3v) is 3.50. The molecule has 1 amide bonds. The van der Waals surface area contributed by atoms with Gasteiger partial charge in [-0.05, 0) is 30.7 Å². The number of hydrogen-bond donors (Lipinski definition) is 2. The number of halogens is 2. The van der Waals surface area contributed by atoms with E-state index in [0.717, 1.165) is 18.7 Å². The topological polar surface area (TPSA) is 54.0 Å². The van der Waals surface area contributed by atoms with E-state index in [9.17, 15) is 4.79 Å². The molecule has 0 saturated heterocycles. The minimum absolute atomic E-state index is 0.249. The van der Waals surface area contributed by atoms with Crippen LogP contribution in [-0.2, 0) is 0 Å². The van der Waals surface area contributed by atoms with Gasteiger partial charge >= 0.3 is 0 Å². The van der Waals surface area contributed by atoms with Gasteiger partial charge in [-0.25, -0.2) is 0 Å². The Morgan fingerprint density at radius 3 is 2.67 bits per heavy atom. The summed E-state index contributed by atoms with van der Waals surface area (Å²) in [6, 6.07) is 6.69. The van der Waals surface area contributed by atoms with Crippen LogP contribution in [0.3, 0.4) is 0 Å². The van der Waals surface area contributed by atoms with Crippen LogP contribution in [0.2, 0.25) is 10.0 Å². The zero-order chi connectivity index (χ0) is 15.2. The third kappa shape index (κ3) is 4.34. The maximum absolute atomic E-state index is 12.2. The number of aromatic nitrogens is 1. The Morgan fingerprint density at radius 1 is 1.14 bits per heavy atom. The van der Waals surface area contributed by atoms with Crippen molar-refractivity contribution in [2.45, 2.75) is 13.3 Å². The van der Waals surface area contributed by atoms with Crippen molar-refractivity contribution < 1.29 is 4.79 Å². The van der Waals surface area contributed by atoms with E-state index in [4.69, 9.17) is 23.2 Å². The van der Waals surface area contributed by atoms with E-state index in [0.29, 0.717) is 21.3 Å².